The van der Waals surface area contributed by atoms with E-state index in [1.165, 1.54) is 0 Å². The Balaban J connectivity index is 1.42. The van der Waals surface area contributed by atoms with Gasteiger partial charge in [0, 0.05) is 26.1 Å². The van der Waals surface area contributed by atoms with Crippen molar-refractivity contribution in [2.45, 2.75) is 45.9 Å². The average Bonchev–Trinajstić information content (AvgIpc) is 3.09. The zero-order chi connectivity index (χ0) is 21.6. The molecule has 1 aromatic heterocycles. The number of hydrogen-bond acceptors (Lipinski definition) is 4. The number of alkyl carbamates (subject to hydrolysis) is 1. The number of rotatable bonds is 7. The van der Waals surface area contributed by atoms with Crippen LogP contribution in [0.25, 0.3) is 11.0 Å². The van der Waals surface area contributed by atoms with E-state index in [4.69, 9.17) is 4.74 Å². The van der Waals surface area contributed by atoms with Crippen molar-refractivity contribution >= 4 is 23.0 Å². The molecule has 0 spiro atoms. The van der Waals surface area contributed by atoms with E-state index in [0.29, 0.717) is 6.54 Å². The highest BCUT2D eigenvalue weighted by atomic mass is 16.6. The number of hydrogen-bond donors (Lipinski definition) is 2. The zero-order valence-electron chi connectivity index (χ0n) is 17.6. The molecule has 2 aromatic carbocycles. The fourth-order valence-electron chi connectivity index (χ4n) is 2.98. The summed E-state index contributed by atoms with van der Waals surface area (Å²) in [7, 11) is 0. The molecule has 1 heterocycles. The molecule has 0 radical (unpaired) electrons. The maximum absolute atomic E-state index is 12.0. The maximum Gasteiger partial charge on any atom is 0.407 e. The molecule has 2 amide bonds. The van der Waals surface area contributed by atoms with Gasteiger partial charge in [0.1, 0.15) is 5.60 Å². The molecular weight excluding hydrogens is 380 g/mol. The van der Waals surface area contributed by atoms with Crippen LogP contribution in [0.2, 0.25) is 0 Å². The third kappa shape index (κ3) is 6.34. The number of para-hydroxylation sites is 2. The number of fused-ring (bicyclic) bond motifs is 1. The van der Waals surface area contributed by atoms with E-state index in [1.54, 1.807) is 20.8 Å². The van der Waals surface area contributed by atoms with Gasteiger partial charge >= 0.3 is 6.09 Å². The van der Waals surface area contributed by atoms with Gasteiger partial charge in [-0.25, -0.2) is 9.78 Å². The van der Waals surface area contributed by atoms with Crippen LogP contribution in [0.5, 0.6) is 0 Å². The van der Waals surface area contributed by atoms with Crippen molar-refractivity contribution in [3.8, 4) is 0 Å². The van der Waals surface area contributed by atoms with Gasteiger partial charge in [-0.15, -0.1) is 0 Å². The first-order valence-corrected chi connectivity index (χ1v) is 10.0. The van der Waals surface area contributed by atoms with E-state index in [1.807, 2.05) is 36.7 Å². The van der Waals surface area contributed by atoms with Crippen LogP contribution in [0.4, 0.5) is 4.79 Å². The van der Waals surface area contributed by atoms with Gasteiger partial charge in [0.15, 0.2) is 0 Å². The second-order valence-corrected chi connectivity index (χ2v) is 8.13. The Morgan fingerprint density at radius 1 is 1.00 bits per heavy atom. The lowest BCUT2D eigenvalue weighted by Gasteiger charge is -2.19. The van der Waals surface area contributed by atoms with Crippen molar-refractivity contribution in [3.05, 3.63) is 66.0 Å². The molecule has 3 rings (SSSR count). The lowest BCUT2D eigenvalue weighted by Crippen LogP contribution is -2.35. The molecule has 0 aliphatic carbocycles. The van der Waals surface area contributed by atoms with Crippen molar-refractivity contribution in [2.75, 3.05) is 6.54 Å². The fraction of sp³-hybridized carbons (Fsp3) is 0.348. The van der Waals surface area contributed by atoms with Crippen molar-refractivity contribution in [1.29, 1.82) is 0 Å². The molecule has 30 heavy (non-hydrogen) atoms. The van der Waals surface area contributed by atoms with Crippen LogP contribution < -0.4 is 10.6 Å². The summed E-state index contributed by atoms with van der Waals surface area (Å²) in [5.74, 6) is -0.125. The first kappa shape index (κ1) is 21.4. The minimum absolute atomic E-state index is 0.125. The van der Waals surface area contributed by atoms with Crippen LogP contribution in [0.3, 0.4) is 0 Å². The third-order valence-electron chi connectivity index (χ3n) is 4.41. The predicted molar refractivity (Wildman–Crippen MR) is 116 cm³/mol. The van der Waals surface area contributed by atoms with Crippen LogP contribution in [0, 0.1) is 0 Å². The number of nitrogens with zero attached hydrogens (tertiary/aromatic N) is 2. The maximum atomic E-state index is 12.0. The number of nitrogens with one attached hydrogen (secondary N) is 2. The van der Waals surface area contributed by atoms with Crippen LogP contribution >= 0.6 is 0 Å². The summed E-state index contributed by atoms with van der Waals surface area (Å²) in [6.07, 6.45) is 1.53. The van der Waals surface area contributed by atoms with E-state index >= 15 is 0 Å². The van der Waals surface area contributed by atoms with Gasteiger partial charge in [-0.2, -0.15) is 0 Å². The Bertz CT molecular complexity index is 1000. The monoisotopic (exact) mass is 408 g/mol. The number of benzene rings is 2. The number of ether oxygens (including phenoxy) is 1. The smallest absolute Gasteiger partial charge is 0.407 e. The highest BCUT2D eigenvalue weighted by molar-refractivity contribution is 5.77. The Hall–Kier alpha value is -3.35. The first-order valence-electron chi connectivity index (χ1n) is 10.0. The molecule has 0 bridgehead atoms. The van der Waals surface area contributed by atoms with Crippen molar-refractivity contribution in [3.63, 3.8) is 0 Å². The highest BCUT2D eigenvalue weighted by Crippen LogP contribution is 2.14. The highest BCUT2D eigenvalue weighted by Gasteiger charge is 2.15. The molecule has 7 nitrogen and oxygen atoms in total. The van der Waals surface area contributed by atoms with Crippen LogP contribution in [0.1, 0.15) is 38.3 Å². The Morgan fingerprint density at radius 3 is 2.43 bits per heavy atom. The summed E-state index contributed by atoms with van der Waals surface area (Å²) < 4.78 is 7.25. The topological polar surface area (TPSA) is 85.2 Å². The van der Waals surface area contributed by atoms with Crippen molar-refractivity contribution < 1.29 is 14.3 Å². The van der Waals surface area contributed by atoms with Gasteiger partial charge in [-0.3, -0.25) is 4.79 Å². The Morgan fingerprint density at radius 2 is 1.70 bits per heavy atom. The number of aromatic nitrogens is 2. The minimum Gasteiger partial charge on any atom is -0.444 e. The number of amides is 2. The van der Waals surface area contributed by atoms with E-state index in [0.717, 1.165) is 28.7 Å². The first-order chi connectivity index (χ1) is 14.3. The summed E-state index contributed by atoms with van der Waals surface area (Å²) in [5, 5.41) is 5.44. The van der Waals surface area contributed by atoms with E-state index < -0.39 is 11.7 Å². The van der Waals surface area contributed by atoms with Gasteiger partial charge in [-0.1, -0.05) is 36.4 Å². The molecule has 158 valence electrons. The molecule has 3 aromatic rings. The van der Waals surface area contributed by atoms with E-state index in [9.17, 15) is 9.59 Å². The van der Waals surface area contributed by atoms with Crippen LogP contribution in [-0.4, -0.2) is 33.7 Å². The van der Waals surface area contributed by atoms with Gasteiger partial charge in [0.25, 0.3) is 0 Å². The van der Waals surface area contributed by atoms with E-state index in [2.05, 4.69) is 38.4 Å². The summed E-state index contributed by atoms with van der Waals surface area (Å²) in [6, 6.07) is 16.2. The quantitative estimate of drug-likeness (QED) is 0.625. The summed E-state index contributed by atoms with van der Waals surface area (Å²) >= 11 is 0. The standard InChI is InChI=1S/C23H28N4O3/c1-23(2,3)30-22(29)24-13-12-21(28)25-14-17-8-10-18(11-9-17)15-27-16-26-19-6-4-5-7-20(19)27/h4-11,16H,12-15H2,1-3H3,(H,24,29)(H,25,28). The molecular formula is C23H28N4O3. The van der Waals surface area contributed by atoms with E-state index in [-0.39, 0.29) is 18.9 Å². The summed E-state index contributed by atoms with van der Waals surface area (Å²) in [6.45, 7) is 6.80. The van der Waals surface area contributed by atoms with Crippen LogP contribution in [0.15, 0.2) is 54.9 Å². The van der Waals surface area contributed by atoms with Gasteiger partial charge < -0.3 is 19.9 Å². The van der Waals surface area contributed by atoms with Gasteiger partial charge in [-0.05, 0) is 44.0 Å². The lowest BCUT2D eigenvalue weighted by molar-refractivity contribution is -0.121. The lowest BCUT2D eigenvalue weighted by atomic mass is 10.1. The molecule has 7 heteroatoms. The Kier molecular flexibility index (Phi) is 6.72. The second-order valence-electron chi connectivity index (χ2n) is 8.13. The van der Waals surface area contributed by atoms with Gasteiger partial charge in [0.2, 0.25) is 5.91 Å². The average molecular weight is 409 g/mol. The van der Waals surface area contributed by atoms with Gasteiger partial charge in [0.05, 0.1) is 17.4 Å². The third-order valence-corrected chi connectivity index (χ3v) is 4.41. The second kappa shape index (κ2) is 9.43. The van der Waals surface area contributed by atoms with Crippen LogP contribution in [-0.2, 0) is 22.6 Å². The minimum atomic E-state index is -0.552. The molecule has 2 N–H and O–H groups in total. The number of imidazole rings is 1. The molecule has 0 aliphatic rings. The molecule has 0 fully saturated rings. The number of carbonyl (C=O) groups excluding carboxylic acids is 2. The molecule has 0 atom stereocenters. The zero-order valence-corrected chi connectivity index (χ0v) is 17.6. The molecule has 0 unspecified atom stereocenters. The largest absolute Gasteiger partial charge is 0.444 e. The van der Waals surface area contributed by atoms with Crippen molar-refractivity contribution in [2.24, 2.45) is 0 Å². The Labute approximate surface area is 176 Å². The number of carbonyl (C=O) groups is 2. The molecule has 0 saturated carbocycles. The summed E-state index contributed by atoms with van der Waals surface area (Å²) in [5.41, 5.74) is 3.72. The fourth-order valence-corrected chi connectivity index (χ4v) is 2.98. The molecule has 0 saturated heterocycles. The summed E-state index contributed by atoms with van der Waals surface area (Å²) in [4.78, 5) is 28.0. The van der Waals surface area contributed by atoms with Crippen molar-refractivity contribution in [1.82, 2.24) is 20.2 Å². The normalized spacial score (nSPS) is 11.3. The predicted octanol–water partition coefficient (Wildman–Crippen LogP) is 3.62. The SMILES string of the molecule is CC(C)(C)OC(=O)NCCC(=O)NCc1ccc(Cn2cnc3ccccc32)cc1. The molecule has 0 aliphatic heterocycles.